The summed E-state index contributed by atoms with van der Waals surface area (Å²) in [7, 11) is 0. The normalized spacial score (nSPS) is 29.4. The Bertz CT molecular complexity index is 230. The third-order valence-electron chi connectivity index (χ3n) is 2.62. The van der Waals surface area contributed by atoms with Crippen molar-refractivity contribution in [2.75, 3.05) is 0 Å². The number of rotatable bonds is 2. The lowest BCUT2D eigenvalue weighted by molar-refractivity contribution is 0.523. The van der Waals surface area contributed by atoms with Gasteiger partial charge < -0.3 is 10.7 Å². The van der Waals surface area contributed by atoms with Crippen molar-refractivity contribution in [3.05, 3.63) is 18.2 Å². The van der Waals surface area contributed by atoms with Crippen molar-refractivity contribution in [1.82, 2.24) is 9.97 Å². The fourth-order valence-electron chi connectivity index (χ4n) is 1.98. The molecule has 12 heavy (non-hydrogen) atoms. The fraction of sp³-hybridized carbons (Fsp3) is 0.667. The number of imidazole rings is 1. The molecule has 0 amide bonds. The molecule has 0 aliphatic heterocycles. The Labute approximate surface area is 72.4 Å². The number of nitrogens with two attached hydrogens (primary N) is 1. The van der Waals surface area contributed by atoms with Crippen LogP contribution in [0, 0.1) is 5.92 Å². The molecule has 0 unspecified atom stereocenters. The fourth-order valence-corrected chi connectivity index (χ4v) is 1.98. The minimum Gasteiger partial charge on any atom is -0.349 e. The third-order valence-corrected chi connectivity index (χ3v) is 2.62. The van der Waals surface area contributed by atoms with E-state index in [1.54, 1.807) is 0 Å². The number of hydrogen-bond donors (Lipinski definition) is 2. The van der Waals surface area contributed by atoms with Crippen LogP contribution >= 0.6 is 0 Å². The smallest absolute Gasteiger partial charge is 0.106 e. The summed E-state index contributed by atoms with van der Waals surface area (Å²) >= 11 is 0. The van der Waals surface area contributed by atoms with E-state index >= 15 is 0 Å². The minimum atomic E-state index is 0.435. The molecule has 3 nitrogen and oxygen atoms in total. The van der Waals surface area contributed by atoms with Gasteiger partial charge in [0, 0.05) is 24.9 Å². The first-order chi connectivity index (χ1) is 5.84. The van der Waals surface area contributed by atoms with Gasteiger partial charge in [-0.1, -0.05) is 0 Å². The Kier molecular flexibility index (Phi) is 2.13. The van der Waals surface area contributed by atoms with Crippen LogP contribution < -0.4 is 5.73 Å². The van der Waals surface area contributed by atoms with Gasteiger partial charge in [-0.05, 0) is 25.2 Å². The molecule has 1 aromatic heterocycles. The minimum absolute atomic E-state index is 0.435. The highest BCUT2D eigenvalue weighted by Crippen LogP contribution is 2.26. The van der Waals surface area contributed by atoms with Gasteiger partial charge in [0.1, 0.15) is 5.82 Å². The maximum atomic E-state index is 5.82. The van der Waals surface area contributed by atoms with E-state index in [9.17, 15) is 0 Å². The van der Waals surface area contributed by atoms with Gasteiger partial charge in [-0.3, -0.25) is 0 Å². The molecule has 0 saturated heterocycles. The molecule has 0 bridgehead atoms. The number of nitrogens with zero attached hydrogens (tertiary/aromatic N) is 1. The molecule has 3 heteroatoms. The summed E-state index contributed by atoms with van der Waals surface area (Å²) < 4.78 is 0. The highest BCUT2D eigenvalue weighted by atomic mass is 14.9. The van der Waals surface area contributed by atoms with Crippen molar-refractivity contribution in [3.8, 4) is 0 Å². The Hall–Kier alpha value is -0.830. The number of H-pyrrole nitrogens is 1. The molecule has 2 atom stereocenters. The average Bonchev–Trinajstić information content (AvgIpc) is 2.63. The van der Waals surface area contributed by atoms with Crippen LogP contribution in [-0.4, -0.2) is 16.0 Å². The second-order valence-electron chi connectivity index (χ2n) is 3.68. The topological polar surface area (TPSA) is 54.7 Å². The van der Waals surface area contributed by atoms with E-state index < -0.39 is 0 Å². The van der Waals surface area contributed by atoms with Crippen molar-refractivity contribution >= 4 is 0 Å². The molecule has 0 aromatic carbocycles. The predicted octanol–water partition coefficient (Wildman–Crippen LogP) is 1.08. The summed E-state index contributed by atoms with van der Waals surface area (Å²) in [5.41, 5.74) is 5.82. The summed E-state index contributed by atoms with van der Waals surface area (Å²) in [6.45, 7) is 0. The van der Waals surface area contributed by atoms with E-state index in [4.69, 9.17) is 5.73 Å². The van der Waals surface area contributed by atoms with Crippen LogP contribution in [0.15, 0.2) is 12.4 Å². The molecule has 1 aromatic rings. The molecule has 1 saturated carbocycles. The van der Waals surface area contributed by atoms with E-state index in [0.29, 0.717) is 6.04 Å². The average molecular weight is 165 g/mol. The third kappa shape index (κ3) is 1.67. The van der Waals surface area contributed by atoms with E-state index in [1.807, 2.05) is 12.4 Å². The zero-order chi connectivity index (χ0) is 8.39. The van der Waals surface area contributed by atoms with Crippen molar-refractivity contribution in [2.45, 2.75) is 31.7 Å². The molecular formula is C9H15N3. The molecule has 66 valence electrons. The summed E-state index contributed by atoms with van der Waals surface area (Å²) in [6, 6.07) is 0.435. The maximum absolute atomic E-state index is 5.82. The quantitative estimate of drug-likeness (QED) is 0.689. The largest absolute Gasteiger partial charge is 0.349 e. The monoisotopic (exact) mass is 165 g/mol. The molecular weight excluding hydrogens is 150 g/mol. The van der Waals surface area contributed by atoms with Crippen molar-refractivity contribution in [3.63, 3.8) is 0 Å². The second kappa shape index (κ2) is 3.27. The van der Waals surface area contributed by atoms with Crippen molar-refractivity contribution < 1.29 is 0 Å². The van der Waals surface area contributed by atoms with Gasteiger partial charge in [0.2, 0.25) is 0 Å². The van der Waals surface area contributed by atoms with Gasteiger partial charge in [0.25, 0.3) is 0 Å². The lowest BCUT2D eigenvalue weighted by Gasteiger charge is -2.05. The van der Waals surface area contributed by atoms with E-state index in [1.165, 1.54) is 19.3 Å². The predicted molar refractivity (Wildman–Crippen MR) is 47.6 cm³/mol. The number of hydrogen-bond acceptors (Lipinski definition) is 2. The van der Waals surface area contributed by atoms with Crippen molar-refractivity contribution in [2.24, 2.45) is 11.7 Å². The molecule has 3 N–H and O–H groups in total. The molecule has 2 rings (SSSR count). The van der Waals surface area contributed by atoms with Crippen LogP contribution in [0.3, 0.4) is 0 Å². The molecule has 0 radical (unpaired) electrons. The standard InChI is InChI=1S/C9H15N3/c10-8-2-1-7(5-8)6-9-11-3-4-12-9/h3-4,7-8H,1-2,5-6,10H2,(H,11,12)/t7-,8+/m0/s1. The van der Waals surface area contributed by atoms with Crippen molar-refractivity contribution in [1.29, 1.82) is 0 Å². The van der Waals surface area contributed by atoms with Crippen LogP contribution in [-0.2, 0) is 6.42 Å². The first kappa shape index (κ1) is 7.80. The van der Waals surface area contributed by atoms with Crippen LogP contribution in [0.25, 0.3) is 0 Å². The number of nitrogens with one attached hydrogen (secondary N) is 1. The van der Waals surface area contributed by atoms with Crippen LogP contribution in [0.2, 0.25) is 0 Å². The van der Waals surface area contributed by atoms with Crippen LogP contribution in [0.4, 0.5) is 0 Å². The van der Waals surface area contributed by atoms with E-state index in [2.05, 4.69) is 9.97 Å². The van der Waals surface area contributed by atoms with Gasteiger partial charge >= 0.3 is 0 Å². The van der Waals surface area contributed by atoms with Gasteiger partial charge in [0.15, 0.2) is 0 Å². The molecule has 1 aliphatic carbocycles. The Morgan fingerprint density at radius 1 is 1.58 bits per heavy atom. The SMILES string of the molecule is N[C@@H]1CC[C@H](Cc2ncc[nH]2)C1. The lowest BCUT2D eigenvalue weighted by Crippen LogP contribution is -2.15. The number of aromatic nitrogens is 2. The van der Waals surface area contributed by atoms with E-state index in [0.717, 1.165) is 18.2 Å². The van der Waals surface area contributed by atoms with Gasteiger partial charge in [-0.25, -0.2) is 4.98 Å². The summed E-state index contributed by atoms with van der Waals surface area (Å²) in [4.78, 5) is 7.34. The summed E-state index contributed by atoms with van der Waals surface area (Å²) in [5.74, 6) is 1.86. The molecule has 1 aliphatic rings. The van der Waals surface area contributed by atoms with E-state index in [-0.39, 0.29) is 0 Å². The molecule has 0 spiro atoms. The van der Waals surface area contributed by atoms with Gasteiger partial charge in [-0.15, -0.1) is 0 Å². The Morgan fingerprint density at radius 3 is 3.08 bits per heavy atom. The molecule has 1 fully saturated rings. The highest BCUT2D eigenvalue weighted by molar-refractivity contribution is 4.91. The lowest BCUT2D eigenvalue weighted by atomic mass is 10.0. The maximum Gasteiger partial charge on any atom is 0.106 e. The van der Waals surface area contributed by atoms with Crippen LogP contribution in [0.5, 0.6) is 0 Å². The highest BCUT2D eigenvalue weighted by Gasteiger charge is 2.22. The Balaban J connectivity index is 1.88. The zero-order valence-electron chi connectivity index (χ0n) is 7.16. The second-order valence-corrected chi connectivity index (χ2v) is 3.68. The Morgan fingerprint density at radius 2 is 2.50 bits per heavy atom. The summed E-state index contributed by atoms with van der Waals surface area (Å²) in [6.07, 6.45) is 8.38. The number of aromatic amines is 1. The molecule has 1 heterocycles. The first-order valence-electron chi connectivity index (χ1n) is 4.58. The van der Waals surface area contributed by atoms with Gasteiger partial charge in [0.05, 0.1) is 0 Å². The van der Waals surface area contributed by atoms with Crippen LogP contribution in [0.1, 0.15) is 25.1 Å². The first-order valence-corrected chi connectivity index (χ1v) is 4.58. The summed E-state index contributed by atoms with van der Waals surface area (Å²) in [5, 5.41) is 0. The van der Waals surface area contributed by atoms with Gasteiger partial charge in [-0.2, -0.15) is 0 Å². The zero-order valence-corrected chi connectivity index (χ0v) is 7.16.